The summed E-state index contributed by atoms with van der Waals surface area (Å²) in [7, 11) is 0. The Hall–Kier alpha value is -1.02. The van der Waals surface area contributed by atoms with Crippen molar-refractivity contribution in [1.82, 2.24) is 0 Å². The highest BCUT2D eigenvalue weighted by molar-refractivity contribution is 6.30. The highest BCUT2D eigenvalue weighted by Gasteiger charge is 2.12. The Bertz CT molecular complexity index is 494. The lowest BCUT2D eigenvalue weighted by atomic mass is 9.91. The molecule has 1 atom stereocenters. The van der Waals surface area contributed by atoms with E-state index in [1.54, 1.807) is 0 Å². The molecule has 88 valence electrons. The number of benzene rings is 2. The summed E-state index contributed by atoms with van der Waals surface area (Å²) in [6.07, 6.45) is 0. The zero-order valence-electron chi connectivity index (χ0n) is 9.24. The van der Waals surface area contributed by atoms with E-state index in [1.807, 2.05) is 48.5 Å². The van der Waals surface area contributed by atoms with E-state index in [1.165, 1.54) is 0 Å². The molecule has 0 spiro atoms. The van der Waals surface area contributed by atoms with Crippen molar-refractivity contribution in [2.45, 2.75) is 5.92 Å². The number of hydrogen-bond acceptors (Lipinski definition) is 1. The summed E-state index contributed by atoms with van der Waals surface area (Å²) in [6, 6.07) is 15.6. The second-order valence-electron chi connectivity index (χ2n) is 3.89. The highest BCUT2D eigenvalue weighted by Crippen LogP contribution is 2.26. The van der Waals surface area contributed by atoms with Gasteiger partial charge in [-0.05, 0) is 35.4 Å². The Morgan fingerprint density at radius 1 is 0.882 bits per heavy atom. The molecule has 0 radical (unpaired) electrons. The maximum atomic E-state index is 6.00. The van der Waals surface area contributed by atoms with Crippen LogP contribution >= 0.6 is 23.2 Å². The van der Waals surface area contributed by atoms with E-state index in [0.29, 0.717) is 6.54 Å². The maximum absolute atomic E-state index is 6.00. The van der Waals surface area contributed by atoms with Crippen LogP contribution < -0.4 is 5.73 Å². The standard InChI is InChI=1S/C14H13Cl2N/c15-12-6-4-10(5-7-12)14(9-17)11-2-1-3-13(16)8-11/h1-8,14H,9,17H2. The number of nitrogens with two attached hydrogens (primary N) is 1. The van der Waals surface area contributed by atoms with Crippen molar-refractivity contribution >= 4 is 23.2 Å². The maximum Gasteiger partial charge on any atom is 0.0408 e. The van der Waals surface area contributed by atoms with Crippen LogP contribution in [0.15, 0.2) is 48.5 Å². The lowest BCUT2D eigenvalue weighted by Crippen LogP contribution is -2.13. The number of halogens is 2. The molecule has 1 nitrogen and oxygen atoms in total. The zero-order valence-corrected chi connectivity index (χ0v) is 10.7. The molecule has 2 aromatic rings. The van der Waals surface area contributed by atoms with Gasteiger partial charge in [-0.25, -0.2) is 0 Å². The summed E-state index contributed by atoms with van der Waals surface area (Å²) in [5, 5.41) is 1.46. The van der Waals surface area contributed by atoms with Crippen molar-refractivity contribution in [3.8, 4) is 0 Å². The van der Waals surface area contributed by atoms with E-state index in [9.17, 15) is 0 Å². The SMILES string of the molecule is NCC(c1ccc(Cl)cc1)c1cccc(Cl)c1. The molecular weight excluding hydrogens is 253 g/mol. The van der Waals surface area contributed by atoms with Crippen LogP contribution in [0.3, 0.4) is 0 Å². The summed E-state index contributed by atoms with van der Waals surface area (Å²) in [5.74, 6) is 0.158. The molecule has 3 heteroatoms. The van der Waals surface area contributed by atoms with Gasteiger partial charge in [-0.1, -0.05) is 47.5 Å². The van der Waals surface area contributed by atoms with Gasteiger partial charge >= 0.3 is 0 Å². The molecule has 2 rings (SSSR count). The number of rotatable bonds is 3. The molecular formula is C14H13Cl2N. The van der Waals surface area contributed by atoms with Crippen LogP contribution in [0, 0.1) is 0 Å². The fourth-order valence-electron chi connectivity index (χ4n) is 1.88. The smallest absolute Gasteiger partial charge is 0.0408 e. The summed E-state index contributed by atoms with van der Waals surface area (Å²) in [5.41, 5.74) is 8.13. The Morgan fingerprint density at radius 2 is 1.59 bits per heavy atom. The molecule has 17 heavy (non-hydrogen) atoms. The molecule has 1 unspecified atom stereocenters. The highest BCUT2D eigenvalue weighted by atomic mass is 35.5. The van der Waals surface area contributed by atoms with E-state index in [0.717, 1.165) is 21.2 Å². The Labute approximate surface area is 111 Å². The van der Waals surface area contributed by atoms with Gasteiger partial charge in [0, 0.05) is 22.5 Å². The van der Waals surface area contributed by atoms with E-state index in [4.69, 9.17) is 28.9 Å². The predicted octanol–water partition coefficient (Wildman–Crippen LogP) is 4.08. The van der Waals surface area contributed by atoms with Gasteiger partial charge in [0.05, 0.1) is 0 Å². The Balaban J connectivity index is 2.36. The molecule has 2 aromatic carbocycles. The average Bonchev–Trinajstić information content (AvgIpc) is 2.33. The van der Waals surface area contributed by atoms with Crippen molar-refractivity contribution in [2.75, 3.05) is 6.54 Å². The molecule has 0 bridgehead atoms. The summed E-state index contributed by atoms with van der Waals surface area (Å²) in [6.45, 7) is 0.544. The second kappa shape index (κ2) is 5.54. The van der Waals surface area contributed by atoms with Gasteiger partial charge in [-0.2, -0.15) is 0 Å². The fraction of sp³-hybridized carbons (Fsp3) is 0.143. The average molecular weight is 266 g/mol. The van der Waals surface area contributed by atoms with E-state index in [2.05, 4.69) is 0 Å². The van der Waals surface area contributed by atoms with Crippen LogP contribution in [0.1, 0.15) is 17.0 Å². The first kappa shape index (κ1) is 12.4. The van der Waals surface area contributed by atoms with Crippen molar-refractivity contribution < 1.29 is 0 Å². The van der Waals surface area contributed by atoms with Crippen LogP contribution in [0.25, 0.3) is 0 Å². The first-order chi connectivity index (χ1) is 8.20. The van der Waals surface area contributed by atoms with Gasteiger partial charge in [0.1, 0.15) is 0 Å². The van der Waals surface area contributed by atoms with Crippen molar-refractivity contribution in [2.24, 2.45) is 5.73 Å². The lowest BCUT2D eigenvalue weighted by Gasteiger charge is -2.16. The van der Waals surface area contributed by atoms with Crippen molar-refractivity contribution in [3.05, 3.63) is 69.7 Å². The lowest BCUT2D eigenvalue weighted by molar-refractivity contribution is 0.819. The fourth-order valence-corrected chi connectivity index (χ4v) is 2.21. The van der Waals surface area contributed by atoms with Gasteiger partial charge in [-0.3, -0.25) is 0 Å². The Kier molecular flexibility index (Phi) is 4.06. The molecule has 0 heterocycles. The van der Waals surface area contributed by atoms with Gasteiger partial charge < -0.3 is 5.73 Å². The van der Waals surface area contributed by atoms with E-state index < -0.39 is 0 Å². The minimum Gasteiger partial charge on any atom is -0.330 e. The van der Waals surface area contributed by atoms with Crippen molar-refractivity contribution in [3.63, 3.8) is 0 Å². The third-order valence-corrected chi connectivity index (χ3v) is 3.25. The van der Waals surface area contributed by atoms with Gasteiger partial charge in [0.2, 0.25) is 0 Å². The minimum absolute atomic E-state index is 0.158. The largest absolute Gasteiger partial charge is 0.330 e. The van der Waals surface area contributed by atoms with E-state index >= 15 is 0 Å². The van der Waals surface area contributed by atoms with Crippen LogP contribution in [-0.4, -0.2) is 6.54 Å². The monoisotopic (exact) mass is 265 g/mol. The van der Waals surface area contributed by atoms with Crippen LogP contribution in [0.5, 0.6) is 0 Å². The quantitative estimate of drug-likeness (QED) is 0.889. The Morgan fingerprint density at radius 3 is 2.18 bits per heavy atom. The van der Waals surface area contributed by atoms with Gasteiger partial charge in [-0.15, -0.1) is 0 Å². The third kappa shape index (κ3) is 3.01. The normalized spacial score (nSPS) is 12.4. The molecule has 0 aliphatic rings. The topological polar surface area (TPSA) is 26.0 Å². The molecule has 0 amide bonds. The molecule has 0 aliphatic heterocycles. The predicted molar refractivity (Wildman–Crippen MR) is 73.8 cm³/mol. The molecule has 0 aromatic heterocycles. The molecule has 0 saturated carbocycles. The van der Waals surface area contributed by atoms with Crippen LogP contribution in [0.2, 0.25) is 10.0 Å². The van der Waals surface area contributed by atoms with Crippen LogP contribution in [0.4, 0.5) is 0 Å². The first-order valence-electron chi connectivity index (χ1n) is 5.41. The molecule has 0 aliphatic carbocycles. The van der Waals surface area contributed by atoms with E-state index in [-0.39, 0.29) is 5.92 Å². The number of hydrogen-bond donors (Lipinski definition) is 1. The summed E-state index contributed by atoms with van der Waals surface area (Å²) < 4.78 is 0. The zero-order chi connectivity index (χ0) is 12.3. The van der Waals surface area contributed by atoms with Gasteiger partial charge in [0.25, 0.3) is 0 Å². The molecule has 0 saturated heterocycles. The summed E-state index contributed by atoms with van der Waals surface area (Å²) in [4.78, 5) is 0. The van der Waals surface area contributed by atoms with Crippen molar-refractivity contribution in [1.29, 1.82) is 0 Å². The second-order valence-corrected chi connectivity index (χ2v) is 4.77. The van der Waals surface area contributed by atoms with Crippen LogP contribution in [-0.2, 0) is 0 Å². The first-order valence-corrected chi connectivity index (χ1v) is 6.17. The summed E-state index contributed by atoms with van der Waals surface area (Å²) >= 11 is 11.9. The molecule has 2 N–H and O–H groups in total. The molecule has 0 fully saturated rings. The minimum atomic E-state index is 0.158. The third-order valence-electron chi connectivity index (χ3n) is 2.76. The van der Waals surface area contributed by atoms with Gasteiger partial charge in [0.15, 0.2) is 0 Å².